The first-order valence-corrected chi connectivity index (χ1v) is 7.40. The van der Waals surface area contributed by atoms with Crippen LogP contribution in [0.2, 0.25) is 5.02 Å². The van der Waals surface area contributed by atoms with Crippen LogP contribution in [0.25, 0.3) is 0 Å². The molecule has 0 aliphatic rings. The molecule has 8 heteroatoms. The Balaban J connectivity index is 2.40. The van der Waals surface area contributed by atoms with Crippen LogP contribution in [0.1, 0.15) is 5.56 Å². The molecule has 0 aliphatic heterocycles. The van der Waals surface area contributed by atoms with Crippen LogP contribution >= 0.6 is 11.6 Å². The lowest BCUT2D eigenvalue weighted by Crippen LogP contribution is -2.16. The average molecular weight is 315 g/mol. The second-order valence-electron chi connectivity index (χ2n) is 3.93. The topological polar surface area (TPSA) is 99.3 Å². The molecule has 0 unspecified atom stereocenters. The summed E-state index contributed by atoms with van der Waals surface area (Å²) < 4.78 is 26.7. The summed E-state index contributed by atoms with van der Waals surface area (Å²) in [5, 5.41) is 8.94. The molecular weight excluding hydrogens is 304 g/mol. The molecule has 2 rings (SSSR count). The predicted molar refractivity (Wildman–Crippen MR) is 75.2 cm³/mol. The molecular formula is C12H11ClN2O4S. The van der Waals surface area contributed by atoms with E-state index in [1.54, 1.807) is 18.2 Å². The van der Waals surface area contributed by atoms with E-state index < -0.39 is 15.6 Å². The van der Waals surface area contributed by atoms with E-state index in [2.05, 4.69) is 9.71 Å². The number of H-pyrrole nitrogens is 1. The van der Waals surface area contributed by atoms with Crippen molar-refractivity contribution in [2.45, 2.75) is 11.5 Å². The number of hydrogen-bond acceptors (Lipinski definition) is 4. The first kappa shape index (κ1) is 14.6. The minimum Gasteiger partial charge on any atom is -0.392 e. The van der Waals surface area contributed by atoms with Crippen LogP contribution in [0, 0.1) is 0 Å². The molecule has 20 heavy (non-hydrogen) atoms. The molecule has 0 bridgehead atoms. The van der Waals surface area contributed by atoms with Crippen LogP contribution in [0.5, 0.6) is 0 Å². The molecule has 0 aliphatic carbocycles. The summed E-state index contributed by atoms with van der Waals surface area (Å²) in [5.41, 5.74) is 0.130. The summed E-state index contributed by atoms with van der Waals surface area (Å²) in [6, 6.07) is 7.50. The van der Waals surface area contributed by atoms with E-state index in [1.807, 2.05) is 0 Å². The first-order valence-electron chi connectivity index (χ1n) is 5.54. The summed E-state index contributed by atoms with van der Waals surface area (Å²) >= 11 is 5.61. The van der Waals surface area contributed by atoms with Gasteiger partial charge in [-0.25, -0.2) is 8.42 Å². The van der Waals surface area contributed by atoms with Gasteiger partial charge in [0.05, 0.1) is 12.3 Å². The standard InChI is InChI=1S/C12H11ClN2O4S/c13-10-5-9(6-14-12(10)17)20(18,19)15-11-4-2-1-3-8(11)7-16/h1-6,15-16H,7H2,(H,14,17). The molecule has 0 radical (unpaired) electrons. The summed E-state index contributed by atoms with van der Waals surface area (Å²) in [6.45, 7) is -0.301. The number of pyridine rings is 1. The molecule has 0 saturated heterocycles. The number of para-hydroxylation sites is 1. The zero-order valence-electron chi connectivity index (χ0n) is 10.1. The van der Waals surface area contributed by atoms with Gasteiger partial charge in [0.15, 0.2) is 0 Å². The van der Waals surface area contributed by atoms with Gasteiger partial charge in [0.1, 0.15) is 9.92 Å². The molecule has 0 fully saturated rings. The third-order valence-electron chi connectivity index (χ3n) is 2.57. The number of sulfonamides is 1. The Labute approximate surface area is 120 Å². The number of benzene rings is 1. The minimum absolute atomic E-state index is 0.171. The van der Waals surface area contributed by atoms with E-state index in [4.69, 9.17) is 16.7 Å². The lowest BCUT2D eigenvalue weighted by Gasteiger charge is -2.11. The van der Waals surface area contributed by atoms with Crippen molar-refractivity contribution in [2.75, 3.05) is 4.72 Å². The second kappa shape index (κ2) is 5.66. The largest absolute Gasteiger partial charge is 0.392 e. The van der Waals surface area contributed by atoms with Gasteiger partial charge in [-0.2, -0.15) is 0 Å². The number of aliphatic hydroxyl groups is 1. The third kappa shape index (κ3) is 3.01. The molecule has 0 saturated carbocycles. The van der Waals surface area contributed by atoms with Gasteiger partial charge < -0.3 is 10.1 Å². The number of aliphatic hydroxyl groups excluding tert-OH is 1. The molecule has 106 valence electrons. The fraction of sp³-hybridized carbons (Fsp3) is 0.0833. The van der Waals surface area contributed by atoms with Gasteiger partial charge in [-0.15, -0.1) is 0 Å². The highest BCUT2D eigenvalue weighted by Crippen LogP contribution is 2.20. The normalized spacial score (nSPS) is 11.3. The summed E-state index contributed by atoms with van der Waals surface area (Å²) in [4.78, 5) is 13.2. The van der Waals surface area contributed by atoms with Crippen molar-refractivity contribution < 1.29 is 13.5 Å². The fourth-order valence-electron chi connectivity index (χ4n) is 1.55. The van der Waals surface area contributed by atoms with E-state index in [-0.39, 0.29) is 22.2 Å². The highest BCUT2D eigenvalue weighted by Gasteiger charge is 2.17. The van der Waals surface area contributed by atoms with Crippen LogP contribution in [-0.2, 0) is 16.6 Å². The maximum Gasteiger partial charge on any atom is 0.266 e. The van der Waals surface area contributed by atoms with Gasteiger partial charge in [0, 0.05) is 11.8 Å². The van der Waals surface area contributed by atoms with Crippen molar-refractivity contribution in [3.05, 3.63) is 57.5 Å². The van der Waals surface area contributed by atoms with Crippen molar-refractivity contribution >= 4 is 27.3 Å². The van der Waals surface area contributed by atoms with Gasteiger partial charge in [-0.1, -0.05) is 29.8 Å². The Hall–Kier alpha value is -1.83. The third-order valence-corrected chi connectivity index (χ3v) is 4.20. The molecule has 2 aromatic rings. The number of halogens is 1. The highest BCUT2D eigenvalue weighted by atomic mass is 35.5. The Bertz CT molecular complexity index is 786. The fourth-order valence-corrected chi connectivity index (χ4v) is 2.88. The molecule has 1 heterocycles. The van der Waals surface area contributed by atoms with Crippen molar-refractivity contribution in [1.29, 1.82) is 0 Å². The van der Waals surface area contributed by atoms with Crippen LogP contribution in [0.3, 0.4) is 0 Å². The van der Waals surface area contributed by atoms with Crippen LogP contribution in [0.4, 0.5) is 5.69 Å². The van der Waals surface area contributed by atoms with E-state index in [0.717, 1.165) is 12.3 Å². The van der Waals surface area contributed by atoms with Crippen LogP contribution < -0.4 is 10.3 Å². The number of nitrogens with one attached hydrogen (secondary N) is 2. The van der Waals surface area contributed by atoms with E-state index in [1.165, 1.54) is 6.07 Å². The zero-order valence-corrected chi connectivity index (χ0v) is 11.7. The number of anilines is 1. The van der Waals surface area contributed by atoms with E-state index in [0.29, 0.717) is 5.56 Å². The van der Waals surface area contributed by atoms with Crippen molar-refractivity contribution in [3.8, 4) is 0 Å². The molecule has 0 spiro atoms. The quantitative estimate of drug-likeness (QED) is 0.792. The average Bonchev–Trinajstić information content (AvgIpc) is 2.42. The maximum absolute atomic E-state index is 12.2. The molecule has 0 atom stereocenters. The lowest BCUT2D eigenvalue weighted by atomic mass is 10.2. The SMILES string of the molecule is O=c1[nH]cc(S(=O)(=O)Nc2ccccc2CO)cc1Cl. The summed E-state index contributed by atoms with van der Waals surface area (Å²) in [6.07, 6.45) is 1.05. The van der Waals surface area contributed by atoms with Gasteiger partial charge >= 0.3 is 0 Å². The summed E-state index contributed by atoms with van der Waals surface area (Å²) in [5.74, 6) is 0. The monoisotopic (exact) mass is 314 g/mol. The predicted octanol–water partition coefficient (Wildman–Crippen LogP) is 1.32. The van der Waals surface area contributed by atoms with Crippen LogP contribution in [0.15, 0.2) is 46.2 Å². The second-order valence-corrected chi connectivity index (χ2v) is 6.02. The van der Waals surface area contributed by atoms with Gasteiger partial charge in [-0.05, 0) is 12.1 Å². The first-order chi connectivity index (χ1) is 9.44. The molecule has 6 nitrogen and oxygen atoms in total. The minimum atomic E-state index is -3.90. The van der Waals surface area contributed by atoms with Crippen molar-refractivity contribution in [1.82, 2.24) is 4.98 Å². The Morgan fingerprint density at radius 2 is 2.00 bits per heavy atom. The Morgan fingerprint density at radius 3 is 2.65 bits per heavy atom. The van der Waals surface area contributed by atoms with Gasteiger partial charge in [0.25, 0.3) is 15.6 Å². The number of rotatable bonds is 4. The molecule has 0 amide bonds. The van der Waals surface area contributed by atoms with Crippen molar-refractivity contribution in [3.63, 3.8) is 0 Å². The smallest absolute Gasteiger partial charge is 0.266 e. The Morgan fingerprint density at radius 1 is 1.30 bits per heavy atom. The highest BCUT2D eigenvalue weighted by molar-refractivity contribution is 7.92. The van der Waals surface area contributed by atoms with Crippen LogP contribution in [-0.4, -0.2) is 18.5 Å². The molecule has 3 N–H and O–H groups in total. The maximum atomic E-state index is 12.2. The molecule has 1 aromatic carbocycles. The van der Waals surface area contributed by atoms with Gasteiger partial charge in [-0.3, -0.25) is 9.52 Å². The van der Waals surface area contributed by atoms with E-state index in [9.17, 15) is 13.2 Å². The Kier molecular flexibility index (Phi) is 4.12. The number of aromatic nitrogens is 1. The van der Waals surface area contributed by atoms with Crippen molar-refractivity contribution in [2.24, 2.45) is 0 Å². The van der Waals surface area contributed by atoms with Gasteiger partial charge in [0.2, 0.25) is 0 Å². The summed E-state index contributed by atoms with van der Waals surface area (Å²) in [7, 11) is -3.90. The zero-order chi connectivity index (χ0) is 14.8. The molecule has 1 aromatic heterocycles. The number of aromatic amines is 1. The number of hydrogen-bond donors (Lipinski definition) is 3. The van der Waals surface area contributed by atoms with E-state index >= 15 is 0 Å². The lowest BCUT2D eigenvalue weighted by molar-refractivity contribution is 0.282.